The van der Waals surface area contributed by atoms with Crippen LogP contribution in [0.15, 0.2) is 0 Å². The first kappa shape index (κ1) is 8.05. The van der Waals surface area contributed by atoms with Gasteiger partial charge in [0.05, 0.1) is 0 Å². The molecule has 0 aromatic carbocycles. The maximum atomic E-state index is 11.2. The summed E-state index contributed by atoms with van der Waals surface area (Å²) in [4.78, 5) is 11.2. The van der Waals surface area contributed by atoms with Crippen LogP contribution >= 0.6 is 0 Å². The summed E-state index contributed by atoms with van der Waals surface area (Å²) in [5, 5.41) is 2.89. The third-order valence-corrected chi connectivity index (χ3v) is 2.70. The zero-order valence-corrected chi connectivity index (χ0v) is 7.31. The molecule has 0 bridgehead atoms. The smallest absolute Gasteiger partial charge is 0.220 e. The first-order valence-electron chi connectivity index (χ1n) is 4.74. The van der Waals surface area contributed by atoms with Gasteiger partial charge in [-0.15, -0.1) is 0 Å². The first-order valence-corrected chi connectivity index (χ1v) is 4.74. The summed E-state index contributed by atoms with van der Waals surface area (Å²) in [6.07, 6.45) is 5.33. The van der Waals surface area contributed by atoms with Gasteiger partial charge in [-0.3, -0.25) is 4.79 Å². The third-order valence-electron chi connectivity index (χ3n) is 2.70. The second-order valence-electron chi connectivity index (χ2n) is 4.29. The van der Waals surface area contributed by atoms with E-state index in [4.69, 9.17) is 5.73 Å². The van der Waals surface area contributed by atoms with Crippen molar-refractivity contribution >= 4 is 5.91 Å². The van der Waals surface area contributed by atoms with Gasteiger partial charge in [0.2, 0.25) is 5.91 Å². The number of hydrogen-bond donors (Lipinski definition) is 2. The Morgan fingerprint density at radius 1 is 1.50 bits per heavy atom. The van der Waals surface area contributed by atoms with Gasteiger partial charge in [0.1, 0.15) is 0 Å². The SMILES string of the molecule is NC1(CNC(=O)CC2CC2)CC1. The Labute approximate surface area is 72.7 Å². The maximum absolute atomic E-state index is 11.2. The van der Waals surface area contributed by atoms with E-state index in [1.807, 2.05) is 0 Å². The monoisotopic (exact) mass is 168 g/mol. The minimum atomic E-state index is -0.0424. The van der Waals surface area contributed by atoms with E-state index in [0.717, 1.165) is 19.3 Å². The quantitative estimate of drug-likeness (QED) is 0.638. The molecule has 0 heterocycles. The van der Waals surface area contributed by atoms with E-state index in [1.165, 1.54) is 12.8 Å². The number of carbonyl (C=O) groups excluding carboxylic acids is 1. The van der Waals surface area contributed by atoms with Crippen LogP contribution in [0.5, 0.6) is 0 Å². The van der Waals surface area contributed by atoms with Crippen molar-refractivity contribution in [3.8, 4) is 0 Å². The van der Waals surface area contributed by atoms with Gasteiger partial charge in [-0.05, 0) is 31.6 Å². The Morgan fingerprint density at radius 2 is 2.17 bits per heavy atom. The third kappa shape index (κ3) is 2.21. The van der Waals surface area contributed by atoms with Crippen LogP contribution in [-0.4, -0.2) is 18.0 Å². The van der Waals surface area contributed by atoms with E-state index in [2.05, 4.69) is 5.32 Å². The average Bonchev–Trinajstić information content (AvgIpc) is 2.87. The molecule has 2 aliphatic rings. The molecule has 0 atom stereocenters. The molecule has 3 heteroatoms. The standard InChI is InChI=1S/C9H16N2O/c10-9(3-4-9)6-11-8(12)5-7-1-2-7/h7H,1-6,10H2,(H,11,12). The summed E-state index contributed by atoms with van der Waals surface area (Å²) in [5.41, 5.74) is 5.78. The van der Waals surface area contributed by atoms with Gasteiger partial charge in [0.25, 0.3) is 0 Å². The summed E-state index contributed by atoms with van der Waals surface area (Å²) >= 11 is 0. The molecule has 2 saturated carbocycles. The largest absolute Gasteiger partial charge is 0.354 e. The zero-order chi connectivity index (χ0) is 8.60. The molecule has 0 aromatic heterocycles. The van der Waals surface area contributed by atoms with Crippen LogP contribution in [0.2, 0.25) is 0 Å². The van der Waals surface area contributed by atoms with Crippen LogP contribution in [-0.2, 0) is 4.79 Å². The van der Waals surface area contributed by atoms with E-state index in [-0.39, 0.29) is 11.4 Å². The molecule has 2 fully saturated rings. The van der Waals surface area contributed by atoms with Gasteiger partial charge in [0, 0.05) is 18.5 Å². The molecule has 0 aliphatic heterocycles. The van der Waals surface area contributed by atoms with Gasteiger partial charge in [0.15, 0.2) is 0 Å². The van der Waals surface area contributed by atoms with E-state index in [9.17, 15) is 4.79 Å². The van der Waals surface area contributed by atoms with Crippen LogP contribution in [0.4, 0.5) is 0 Å². The number of nitrogens with one attached hydrogen (secondary N) is 1. The molecule has 2 rings (SSSR count). The van der Waals surface area contributed by atoms with Crippen LogP contribution in [0.3, 0.4) is 0 Å². The molecule has 3 nitrogen and oxygen atoms in total. The van der Waals surface area contributed by atoms with E-state index in [1.54, 1.807) is 0 Å². The molecule has 0 unspecified atom stereocenters. The molecular weight excluding hydrogens is 152 g/mol. The second kappa shape index (κ2) is 2.73. The fourth-order valence-corrected chi connectivity index (χ4v) is 1.27. The van der Waals surface area contributed by atoms with Gasteiger partial charge < -0.3 is 11.1 Å². The van der Waals surface area contributed by atoms with E-state index < -0.39 is 0 Å². The molecule has 1 amide bonds. The van der Waals surface area contributed by atoms with Gasteiger partial charge in [-0.1, -0.05) is 0 Å². The Balaban J connectivity index is 1.61. The van der Waals surface area contributed by atoms with Crippen LogP contribution in [0, 0.1) is 5.92 Å². The number of nitrogens with two attached hydrogens (primary N) is 1. The lowest BCUT2D eigenvalue weighted by atomic mass is 10.2. The highest BCUT2D eigenvalue weighted by Gasteiger charge is 2.38. The normalized spacial score (nSPS) is 25.1. The predicted octanol–water partition coefficient (Wildman–Crippen LogP) is 0.394. The van der Waals surface area contributed by atoms with Gasteiger partial charge in [-0.2, -0.15) is 0 Å². The van der Waals surface area contributed by atoms with Crippen molar-refractivity contribution in [2.75, 3.05) is 6.54 Å². The predicted molar refractivity (Wildman–Crippen MR) is 46.5 cm³/mol. The minimum absolute atomic E-state index is 0.0424. The Morgan fingerprint density at radius 3 is 2.67 bits per heavy atom. The fraction of sp³-hybridized carbons (Fsp3) is 0.889. The van der Waals surface area contributed by atoms with Crippen molar-refractivity contribution in [2.45, 2.75) is 37.6 Å². The highest BCUT2D eigenvalue weighted by Crippen LogP contribution is 2.33. The van der Waals surface area contributed by atoms with Crippen LogP contribution in [0.25, 0.3) is 0 Å². The van der Waals surface area contributed by atoms with Crippen LogP contribution in [0.1, 0.15) is 32.1 Å². The van der Waals surface area contributed by atoms with Crippen molar-refractivity contribution in [1.29, 1.82) is 0 Å². The van der Waals surface area contributed by atoms with Crippen molar-refractivity contribution in [3.05, 3.63) is 0 Å². The molecule has 0 saturated heterocycles. The minimum Gasteiger partial charge on any atom is -0.354 e. The summed E-state index contributed by atoms with van der Waals surface area (Å²) < 4.78 is 0. The van der Waals surface area contributed by atoms with Gasteiger partial charge in [-0.25, -0.2) is 0 Å². The topological polar surface area (TPSA) is 55.1 Å². The summed E-state index contributed by atoms with van der Waals surface area (Å²) in [6, 6.07) is 0. The Kier molecular flexibility index (Phi) is 1.83. The number of hydrogen-bond acceptors (Lipinski definition) is 2. The lowest BCUT2D eigenvalue weighted by Gasteiger charge is -2.09. The number of rotatable bonds is 4. The lowest BCUT2D eigenvalue weighted by Crippen LogP contribution is -2.39. The molecular formula is C9H16N2O. The van der Waals surface area contributed by atoms with Crippen molar-refractivity contribution < 1.29 is 4.79 Å². The zero-order valence-electron chi connectivity index (χ0n) is 7.31. The summed E-state index contributed by atoms with van der Waals surface area (Å²) in [5.74, 6) is 0.868. The second-order valence-corrected chi connectivity index (χ2v) is 4.29. The molecule has 2 aliphatic carbocycles. The highest BCUT2D eigenvalue weighted by atomic mass is 16.1. The van der Waals surface area contributed by atoms with Crippen LogP contribution < -0.4 is 11.1 Å². The van der Waals surface area contributed by atoms with Crippen molar-refractivity contribution in [1.82, 2.24) is 5.32 Å². The highest BCUT2D eigenvalue weighted by molar-refractivity contribution is 5.76. The fourth-order valence-electron chi connectivity index (χ4n) is 1.27. The summed E-state index contributed by atoms with van der Waals surface area (Å²) in [6.45, 7) is 0.679. The molecule has 12 heavy (non-hydrogen) atoms. The summed E-state index contributed by atoms with van der Waals surface area (Å²) in [7, 11) is 0. The average molecular weight is 168 g/mol. The maximum Gasteiger partial charge on any atom is 0.220 e. The number of amides is 1. The molecule has 0 aromatic rings. The lowest BCUT2D eigenvalue weighted by molar-refractivity contribution is -0.121. The van der Waals surface area contributed by atoms with E-state index >= 15 is 0 Å². The first-order chi connectivity index (χ1) is 5.68. The van der Waals surface area contributed by atoms with Gasteiger partial charge >= 0.3 is 0 Å². The molecule has 0 radical (unpaired) electrons. The van der Waals surface area contributed by atoms with E-state index in [0.29, 0.717) is 12.5 Å². The number of carbonyl (C=O) groups is 1. The molecule has 0 spiro atoms. The van der Waals surface area contributed by atoms with Crippen molar-refractivity contribution in [3.63, 3.8) is 0 Å². The Hall–Kier alpha value is -0.570. The Bertz CT molecular complexity index is 195. The molecule has 3 N–H and O–H groups in total. The van der Waals surface area contributed by atoms with Crippen molar-refractivity contribution in [2.24, 2.45) is 11.7 Å². The molecule has 68 valence electrons.